The van der Waals surface area contributed by atoms with E-state index >= 15 is 0 Å². The summed E-state index contributed by atoms with van der Waals surface area (Å²) in [6, 6.07) is 68.3. The molecule has 0 fully saturated rings. The van der Waals surface area contributed by atoms with Crippen LogP contribution in [0.25, 0.3) is 75.1 Å². The van der Waals surface area contributed by atoms with Crippen LogP contribution in [0.4, 0.5) is 17.1 Å². The van der Waals surface area contributed by atoms with Crippen LogP contribution in [0.15, 0.2) is 205 Å². The van der Waals surface area contributed by atoms with Gasteiger partial charge in [-0.1, -0.05) is 140 Å². The highest BCUT2D eigenvalue weighted by Crippen LogP contribution is 2.47. The van der Waals surface area contributed by atoms with Crippen molar-refractivity contribution in [1.82, 2.24) is 4.57 Å². The fourth-order valence-corrected chi connectivity index (χ4v) is 10.5. The summed E-state index contributed by atoms with van der Waals surface area (Å²) in [6.45, 7) is 0. The van der Waals surface area contributed by atoms with E-state index in [1.54, 1.807) is 0 Å². The third-order valence-corrected chi connectivity index (χ3v) is 13.1. The van der Waals surface area contributed by atoms with Crippen LogP contribution in [0.2, 0.25) is 0 Å². The number of thiophene rings is 1. The molecule has 1 unspecified atom stereocenters. The molecule has 3 heterocycles. The van der Waals surface area contributed by atoms with Gasteiger partial charge in [-0.05, 0) is 89.4 Å². The molecule has 4 heteroatoms. The van der Waals surface area contributed by atoms with Gasteiger partial charge in [0.2, 0.25) is 0 Å². The van der Waals surface area contributed by atoms with E-state index in [1.165, 1.54) is 64.3 Å². The Morgan fingerprint density at radius 3 is 1.90 bits per heavy atom. The van der Waals surface area contributed by atoms with Crippen molar-refractivity contribution in [2.24, 2.45) is 0 Å². The Bertz CT molecular complexity index is 3380. The fraction of sp³-hybridized carbons (Fsp3) is 0.0370. The predicted molar refractivity (Wildman–Crippen MR) is 247 cm³/mol. The minimum absolute atomic E-state index is 0.158. The number of allylic oxidation sites excluding steroid dienone is 4. The van der Waals surface area contributed by atoms with Crippen molar-refractivity contribution in [1.29, 1.82) is 0 Å². The van der Waals surface area contributed by atoms with Gasteiger partial charge >= 0.3 is 0 Å². The minimum Gasteiger partial charge on any atom is -0.456 e. The van der Waals surface area contributed by atoms with Crippen LogP contribution in [0, 0.1) is 0 Å². The zero-order valence-electron chi connectivity index (χ0n) is 31.5. The summed E-state index contributed by atoms with van der Waals surface area (Å²) in [5.74, 6) is 0. The van der Waals surface area contributed by atoms with Crippen LogP contribution in [0.5, 0.6) is 0 Å². The summed E-state index contributed by atoms with van der Waals surface area (Å²) in [6.07, 6.45) is 5.86. The second-order valence-corrected chi connectivity index (χ2v) is 16.2. The molecule has 1 aliphatic carbocycles. The molecule has 3 nitrogen and oxygen atoms in total. The van der Waals surface area contributed by atoms with Gasteiger partial charge in [-0.15, -0.1) is 11.3 Å². The van der Waals surface area contributed by atoms with Crippen molar-refractivity contribution in [3.05, 3.63) is 211 Å². The second kappa shape index (κ2) is 13.2. The molecule has 0 N–H and O–H groups in total. The van der Waals surface area contributed by atoms with E-state index in [2.05, 4.69) is 198 Å². The number of benzene rings is 8. The Balaban J connectivity index is 1.03. The van der Waals surface area contributed by atoms with Crippen LogP contribution >= 0.6 is 11.3 Å². The maximum Gasteiger partial charge on any atom is 0.135 e. The van der Waals surface area contributed by atoms with E-state index in [0.29, 0.717) is 0 Å². The van der Waals surface area contributed by atoms with E-state index in [1.807, 2.05) is 23.5 Å². The summed E-state index contributed by atoms with van der Waals surface area (Å²) in [5, 5.41) is 7.39. The number of fused-ring (bicyclic) bond motifs is 9. The number of furan rings is 1. The number of aromatic nitrogens is 1. The number of hydrogen-bond donors (Lipinski definition) is 0. The van der Waals surface area contributed by atoms with Crippen LogP contribution < -0.4 is 4.90 Å². The molecule has 274 valence electrons. The molecule has 8 aromatic carbocycles. The van der Waals surface area contributed by atoms with E-state index in [0.717, 1.165) is 45.4 Å². The van der Waals surface area contributed by atoms with Crippen LogP contribution in [0.3, 0.4) is 0 Å². The summed E-state index contributed by atoms with van der Waals surface area (Å²) in [7, 11) is 0. The highest BCUT2D eigenvalue weighted by atomic mass is 32.1. The van der Waals surface area contributed by atoms with Gasteiger partial charge in [0.15, 0.2) is 0 Å². The largest absolute Gasteiger partial charge is 0.456 e. The highest BCUT2D eigenvalue weighted by molar-refractivity contribution is 7.26. The first-order valence-corrected chi connectivity index (χ1v) is 20.8. The Morgan fingerprint density at radius 1 is 0.483 bits per heavy atom. The van der Waals surface area contributed by atoms with Gasteiger partial charge in [-0.2, -0.15) is 0 Å². The van der Waals surface area contributed by atoms with Crippen LogP contribution in [-0.4, -0.2) is 4.57 Å². The Kier molecular flexibility index (Phi) is 7.54. The lowest BCUT2D eigenvalue weighted by Gasteiger charge is -2.28. The molecule has 0 radical (unpaired) electrons. The molecule has 0 saturated heterocycles. The van der Waals surface area contributed by atoms with Crippen molar-refractivity contribution in [2.75, 3.05) is 4.90 Å². The lowest BCUT2D eigenvalue weighted by molar-refractivity contribution is 0.651. The number of hydrogen-bond acceptors (Lipinski definition) is 3. The van der Waals surface area contributed by atoms with Gasteiger partial charge in [-0.25, -0.2) is 0 Å². The molecule has 0 saturated carbocycles. The predicted octanol–water partition coefficient (Wildman–Crippen LogP) is 15.6. The average molecular weight is 761 g/mol. The van der Waals surface area contributed by atoms with E-state index in [9.17, 15) is 0 Å². The Morgan fingerprint density at radius 2 is 1.10 bits per heavy atom. The first-order valence-electron chi connectivity index (χ1n) is 19.9. The van der Waals surface area contributed by atoms with Crippen molar-refractivity contribution in [3.63, 3.8) is 0 Å². The lowest BCUT2D eigenvalue weighted by atomic mass is 9.85. The second-order valence-electron chi connectivity index (χ2n) is 15.2. The molecule has 11 aromatic rings. The van der Waals surface area contributed by atoms with Crippen molar-refractivity contribution >= 4 is 103 Å². The average Bonchev–Trinajstić information content (AvgIpc) is 3.97. The third kappa shape index (κ3) is 5.19. The molecule has 1 aliphatic rings. The number of rotatable bonds is 6. The molecule has 12 rings (SSSR count). The summed E-state index contributed by atoms with van der Waals surface area (Å²) >= 11 is 1.86. The van der Waals surface area contributed by atoms with Gasteiger partial charge in [-0.3, -0.25) is 0 Å². The standard InChI is InChI=1S/C54H36N2OS/c1-2-13-35(14-3-1)40-31-29-39(56-48-20-8-4-15-41(48)42-16-5-9-21-49(42)56)33-46(40)36-25-27-37(28-26-36)55(38-30-32-52-47(34-38)43-17-6-10-23-51(43)57-52)50-22-12-19-45-44-18-7-11-24-53(44)58-54(45)50/h1-28,30-34,39H,29H2. The molecule has 0 spiro atoms. The zero-order chi connectivity index (χ0) is 38.2. The molecule has 1 atom stereocenters. The van der Waals surface area contributed by atoms with Crippen molar-refractivity contribution < 1.29 is 4.42 Å². The molecule has 0 aliphatic heterocycles. The normalized spacial score (nSPS) is 14.5. The van der Waals surface area contributed by atoms with Crippen LogP contribution in [0.1, 0.15) is 23.6 Å². The van der Waals surface area contributed by atoms with Gasteiger partial charge in [0.25, 0.3) is 0 Å². The number of para-hydroxylation sites is 3. The summed E-state index contributed by atoms with van der Waals surface area (Å²) < 4.78 is 11.4. The monoisotopic (exact) mass is 760 g/mol. The van der Waals surface area contributed by atoms with Gasteiger partial charge in [0.1, 0.15) is 11.2 Å². The Labute approximate surface area is 339 Å². The molecular weight excluding hydrogens is 725 g/mol. The highest BCUT2D eigenvalue weighted by Gasteiger charge is 2.24. The maximum atomic E-state index is 6.29. The first kappa shape index (κ1) is 33.0. The van der Waals surface area contributed by atoms with Crippen LogP contribution in [-0.2, 0) is 0 Å². The maximum absolute atomic E-state index is 6.29. The fourth-order valence-electron chi connectivity index (χ4n) is 9.31. The topological polar surface area (TPSA) is 21.3 Å². The van der Waals surface area contributed by atoms with Gasteiger partial charge in [0.05, 0.1) is 16.4 Å². The molecule has 0 amide bonds. The van der Waals surface area contributed by atoms with E-state index in [4.69, 9.17) is 4.42 Å². The smallest absolute Gasteiger partial charge is 0.135 e. The summed E-state index contributed by atoms with van der Waals surface area (Å²) in [5.41, 5.74) is 12.6. The van der Waals surface area contributed by atoms with E-state index in [-0.39, 0.29) is 6.04 Å². The Hall–Kier alpha value is -7.14. The quantitative estimate of drug-likeness (QED) is 0.168. The van der Waals surface area contributed by atoms with Gasteiger partial charge < -0.3 is 13.9 Å². The van der Waals surface area contributed by atoms with Gasteiger partial charge in [0, 0.05) is 59.4 Å². The lowest BCUT2D eigenvalue weighted by Crippen LogP contribution is -2.11. The van der Waals surface area contributed by atoms with Crippen molar-refractivity contribution in [3.8, 4) is 0 Å². The zero-order valence-corrected chi connectivity index (χ0v) is 32.4. The van der Waals surface area contributed by atoms with Crippen molar-refractivity contribution in [2.45, 2.75) is 12.5 Å². The minimum atomic E-state index is 0.158. The number of nitrogens with zero attached hydrogens (tertiary/aromatic N) is 2. The molecule has 3 aromatic heterocycles. The van der Waals surface area contributed by atoms with E-state index < -0.39 is 0 Å². The molecule has 0 bridgehead atoms. The molecule has 58 heavy (non-hydrogen) atoms. The number of anilines is 3. The SMILES string of the molecule is C1=C(c2ccccc2)C(c2ccc(N(c3ccc4oc5ccccc5c4c3)c3cccc4c3sc3ccccc34)cc2)=CC(n2c3ccccc3c3ccccc32)C1. The third-order valence-electron chi connectivity index (χ3n) is 11.9. The summed E-state index contributed by atoms with van der Waals surface area (Å²) in [4.78, 5) is 2.42. The molecular formula is C54H36N2OS. The first-order chi connectivity index (χ1) is 28.8.